The molecule has 1 N–H and O–H groups in total. The highest BCUT2D eigenvalue weighted by Crippen LogP contribution is 2.23. The van der Waals surface area contributed by atoms with Gasteiger partial charge in [0.05, 0.1) is 6.10 Å². The molecule has 30 heavy (non-hydrogen) atoms. The Morgan fingerprint density at radius 2 is 2.07 bits per heavy atom. The molecule has 2 aliphatic rings. The third-order valence-electron chi connectivity index (χ3n) is 5.99. The van der Waals surface area contributed by atoms with Gasteiger partial charge in [0.25, 0.3) is 5.91 Å². The van der Waals surface area contributed by atoms with Crippen LogP contribution in [0.4, 0.5) is 0 Å². The summed E-state index contributed by atoms with van der Waals surface area (Å²) in [4.78, 5) is 26.5. The predicted octanol–water partition coefficient (Wildman–Crippen LogP) is 2.49. The van der Waals surface area contributed by atoms with Crippen LogP contribution in [-0.2, 0) is 16.0 Å². The van der Waals surface area contributed by atoms with E-state index in [-0.39, 0.29) is 24.2 Å². The summed E-state index contributed by atoms with van der Waals surface area (Å²) in [6.07, 6.45) is 5.34. The Hall–Kier alpha value is -2.38. The minimum atomic E-state index is -0.375. The maximum atomic E-state index is 12.3. The van der Waals surface area contributed by atoms with E-state index in [0.717, 1.165) is 62.9 Å². The van der Waals surface area contributed by atoms with Gasteiger partial charge in [-0.3, -0.25) is 4.79 Å². The molecule has 0 saturated carbocycles. The van der Waals surface area contributed by atoms with Crippen LogP contribution in [0.25, 0.3) is 11.0 Å². The molecular weight excluding hydrogens is 384 g/mol. The largest absolute Gasteiger partial charge is 0.484 e. The smallest absolute Gasteiger partial charge is 0.336 e. The van der Waals surface area contributed by atoms with E-state index in [2.05, 4.69) is 10.2 Å². The summed E-state index contributed by atoms with van der Waals surface area (Å²) in [5.41, 5.74) is 1.05. The number of carbonyl (C=O) groups is 1. The molecule has 1 atom stereocenters. The molecule has 2 aliphatic heterocycles. The Kier molecular flexibility index (Phi) is 6.69. The van der Waals surface area contributed by atoms with Gasteiger partial charge in [-0.25, -0.2) is 4.79 Å². The van der Waals surface area contributed by atoms with Crippen molar-refractivity contribution in [1.82, 2.24) is 10.2 Å². The molecule has 0 aliphatic carbocycles. The van der Waals surface area contributed by atoms with E-state index in [0.29, 0.717) is 17.4 Å². The Morgan fingerprint density at radius 3 is 2.80 bits per heavy atom. The number of hydrogen-bond donors (Lipinski definition) is 1. The van der Waals surface area contributed by atoms with Crippen molar-refractivity contribution in [1.29, 1.82) is 0 Å². The first-order valence-electron chi connectivity index (χ1n) is 10.9. The van der Waals surface area contributed by atoms with E-state index in [4.69, 9.17) is 13.9 Å². The Balaban J connectivity index is 1.24. The number of rotatable bonds is 7. The van der Waals surface area contributed by atoms with Gasteiger partial charge in [0.1, 0.15) is 11.3 Å². The van der Waals surface area contributed by atoms with E-state index in [1.807, 2.05) is 13.0 Å². The Morgan fingerprint density at radius 1 is 1.23 bits per heavy atom. The first kappa shape index (κ1) is 20.9. The lowest BCUT2D eigenvalue weighted by Gasteiger charge is -2.33. The van der Waals surface area contributed by atoms with Crippen LogP contribution in [0, 0.1) is 0 Å². The quantitative estimate of drug-likeness (QED) is 0.701. The fraction of sp³-hybridized carbons (Fsp3) is 0.565. The zero-order valence-electron chi connectivity index (χ0n) is 17.5. The monoisotopic (exact) mass is 414 g/mol. The number of benzene rings is 1. The standard InChI is InChI=1S/C23H30N2O5/c1-2-16-12-23(27)30-21-13-18(5-6-20(16)21)29-15-22(26)24-17-7-9-25(10-8-17)14-19-4-3-11-28-19/h5-6,12-13,17,19H,2-4,7-11,14-15H2,1H3,(H,24,26). The average molecular weight is 415 g/mol. The van der Waals surface area contributed by atoms with E-state index >= 15 is 0 Å². The molecule has 4 rings (SSSR count). The summed E-state index contributed by atoms with van der Waals surface area (Å²) in [7, 11) is 0. The van der Waals surface area contributed by atoms with Gasteiger partial charge in [0.15, 0.2) is 6.61 Å². The van der Waals surface area contributed by atoms with Crippen molar-refractivity contribution in [3.05, 3.63) is 40.2 Å². The number of aryl methyl sites for hydroxylation is 1. The van der Waals surface area contributed by atoms with Gasteiger partial charge in [-0.2, -0.15) is 0 Å². The number of amides is 1. The molecule has 162 valence electrons. The van der Waals surface area contributed by atoms with Gasteiger partial charge in [-0.1, -0.05) is 6.92 Å². The predicted molar refractivity (Wildman–Crippen MR) is 114 cm³/mol. The van der Waals surface area contributed by atoms with Crippen LogP contribution in [0.15, 0.2) is 33.5 Å². The van der Waals surface area contributed by atoms with Gasteiger partial charge in [0.2, 0.25) is 0 Å². The summed E-state index contributed by atoms with van der Waals surface area (Å²) < 4.78 is 16.6. The van der Waals surface area contributed by atoms with Gasteiger partial charge in [-0.05, 0) is 49.8 Å². The number of piperidine rings is 1. The number of ether oxygens (including phenoxy) is 2. The highest BCUT2D eigenvalue weighted by molar-refractivity contribution is 5.82. The molecule has 7 nitrogen and oxygen atoms in total. The maximum Gasteiger partial charge on any atom is 0.336 e. The molecule has 0 spiro atoms. The fourth-order valence-electron chi connectivity index (χ4n) is 4.35. The van der Waals surface area contributed by atoms with E-state index in [1.165, 1.54) is 12.5 Å². The third kappa shape index (κ3) is 5.21. The SMILES string of the molecule is CCc1cc(=O)oc2cc(OCC(=O)NC3CCN(CC4CCCO4)CC3)ccc12. The second kappa shape index (κ2) is 9.62. The Bertz CT molecular complexity index is 927. The number of hydrogen-bond acceptors (Lipinski definition) is 6. The van der Waals surface area contributed by atoms with Crippen molar-refractivity contribution in [2.24, 2.45) is 0 Å². The minimum absolute atomic E-state index is 0.0562. The van der Waals surface area contributed by atoms with Crippen molar-refractivity contribution in [2.45, 2.75) is 51.2 Å². The number of fused-ring (bicyclic) bond motifs is 1. The molecule has 2 fully saturated rings. The average Bonchev–Trinajstić information content (AvgIpc) is 3.26. The second-order valence-electron chi connectivity index (χ2n) is 8.17. The zero-order valence-corrected chi connectivity index (χ0v) is 17.5. The van der Waals surface area contributed by atoms with Crippen LogP contribution in [-0.4, -0.2) is 55.8 Å². The van der Waals surface area contributed by atoms with Gasteiger partial charge < -0.3 is 24.1 Å². The van der Waals surface area contributed by atoms with Crippen LogP contribution < -0.4 is 15.7 Å². The highest BCUT2D eigenvalue weighted by Gasteiger charge is 2.24. The molecule has 2 aromatic rings. The van der Waals surface area contributed by atoms with Crippen LogP contribution in [0.5, 0.6) is 5.75 Å². The van der Waals surface area contributed by atoms with Crippen molar-refractivity contribution in [3.63, 3.8) is 0 Å². The van der Waals surface area contributed by atoms with Crippen molar-refractivity contribution < 1.29 is 18.7 Å². The van der Waals surface area contributed by atoms with Crippen molar-refractivity contribution in [2.75, 3.05) is 32.8 Å². The number of nitrogens with one attached hydrogen (secondary N) is 1. The number of nitrogens with zero attached hydrogens (tertiary/aromatic N) is 1. The Labute approximate surface area is 176 Å². The topological polar surface area (TPSA) is 81.0 Å². The minimum Gasteiger partial charge on any atom is -0.484 e. The molecule has 1 aromatic heterocycles. The van der Waals surface area contributed by atoms with Crippen LogP contribution in [0.1, 0.15) is 38.2 Å². The van der Waals surface area contributed by atoms with Gasteiger partial charge in [-0.15, -0.1) is 0 Å². The molecule has 0 bridgehead atoms. The van der Waals surface area contributed by atoms with Crippen LogP contribution in [0.2, 0.25) is 0 Å². The molecular formula is C23H30N2O5. The second-order valence-corrected chi connectivity index (χ2v) is 8.17. The lowest BCUT2D eigenvalue weighted by Crippen LogP contribution is -2.47. The van der Waals surface area contributed by atoms with Crippen LogP contribution >= 0.6 is 0 Å². The molecule has 7 heteroatoms. The molecule has 1 unspecified atom stereocenters. The highest BCUT2D eigenvalue weighted by atomic mass is 16.5. The van der Waals surface area contributed by atoms with Crippen molar-refractivity contribution >= 4 is 16.9 Å². The first-order chi connectivity index (χ1) is 14.6. The zero-order chi connectivity index (χ0) is 20.9. The maximum absolute atomic E-state index is 12.3. The molecule has 1 amide bonds. The summed E-state index contributed by atoms with van der Waals surface area (Å²) >= 11 is 0. The third-order valence-corrected chi connectivity index (χ3v) is 5.99. The van der Waals surface area contributed by atoms with Gasteiger partial charge >= 0.3 is 5.63 Å². The molecule has 2 saturated heterocycles. The molecule has 0 radical (unpaired) electrons. The normalized spacial score (nSPS) is 20.5. The van der Waals surface area contributed by atoms with E-state index in [1.54, 1.807) is 12.1 Å². The van der Waals surface area contributed by atoms with E-state index < -0.39 is 0 Å². The lowest BCUT2D eigenvalue weighted by atomic mass is 10.0. The summed E-state index contributed by atoms with van der Waals surface area (Å²) in [6, 6.07) is 7.05. The van der Waals surface area contributed by atoms with Crippen molar-refractivity contribution in [3.8, 4) is 5.75 Å². The lowest BCUT2D eigenvalue weighted by molar-refractivity contribution is -0.124. The summed E-state index contributed by atoms with van der Waals surface area (Å²) in [5, 5.41) is 3.96. The summed E-state index contributed by atoms with van der Waals surface area (Å²) in [5.74, 6) is 0.386. The number of likely N-dealkylation sites (tertiary alicyclic amines) is 1. The first-order valence-corrected chi connectivity index (χ1v) is 10.9. The number of carbonyl (C=O) groups excluding carboxylic acids is 1. The van der Waals surface area contributed by atoms with E-state index in [9.17, 15) is 9.59 Å². The molecule has 1 aromatic carbocycles. The van der Waals surface area contributed by atoms with Crippen LogP contribution in [0.3, 0.4) is 0 Å². The fourth-order valence-corrected chi connectivity index (χ4v) is 4.35. The summed E-state index contributed by atoms with van der Waals surface area (Å²) in [6.45, 7) is 5.79. The van der Waals surface area contributed by atoms with Gasteiger partial charge in [0, 0.05) is 49.8 Å². The molecule has 3 heterocycles.